The average Bonchev–Trinajstić information content (AvgIpc) is 2.36. The summed E-state index contributed by atoms with van der Waals surface area (Å²) in [7, 11) is 3.44. The molecule has 1 rings (SSSR count). The minimum atomic E-state index is -0.0933. The molecule has 1 N–H and O–H groups in total. The van der Waals surface area contributed by atoms with Gasteiger partial charge >= 0.3 is 0 Å². The normalized spacial score (nSPS) is 10.4. The molecule has 0 heterocycles. The van der Waals surface area contributed by atoms with Gasteiger partial charge in [0.2, 0.25) is 5.91 Å². The Bertz CT molecular complexity index is 420. The van der Waals surface area contributed by atoms with Crippen LogP contribution in [0.15, 0.2) is 12.1 Å². The molecule has 0 spiro atoms. The van der Waals surface area contributed by atoms with Gasteiger partial charge in [0.15, 0.2) is 0 Å². The molecule has 0 saturated heterocycles. The maximum absolute atomic E-state index is 11.5. The molecule has 4 heteroatoms. The number of aryl methyl sites for hydroxylation is 2. The number of amides is 1. The van der Waals surface area contributed by atoms with E-state index in [2.05, 4.69) is 12.1 Å². The zero-order valence-electron chi connectivity index (χ0n) is 12.2. The Labute approximate surface area is 115 Å². The molecular formula is C15H23NO3. The summed E-state index contributed by atoms with van der Waals surface area (Å²) < 4.78 is 5.33. The van der Waals surface area contributed by atoms with Crippen molar-refractivity contribution < 1.29 is 14.6 Å². The lowest BCUT2D eigenvalue weighted by molar-refractivity contribution is -0.130. The second-order valence-electron chi connectivity index (χ2n) is 4.80. The number of hydrogen-bond donors (Lipinski definition) is 1. The highest BCUT2D eigenvalue weighted by Gasteiger charge is 2.09. The molecule has 0 saturated carbocycles. The second-order valence-corrected chi connectivity index (χ2v) is 4.80. The van der Waals surface area contributed by atoms with Crippen LogP contribution in [0.1, 0.15) is 23.1 Å². The molecule has 0 unspecified atom stereocenters. The van der Waals surface area contributed by atoms with E-state index in [1.54, 1.807) is 19.1 Å². The minimum absolute atomic E-state index is 0.0237. The number of methoxy groups -OCH3 is 1. The number of carbonyl (C=O) groups is 1. The Morgan fingerprint density at radius 3 is 2.37 bits per heavy atom. The third kappa shape index (κ3) is 4.24. The largest absolute Gasteiger partial charge is 0.496 e. The highest BCUT2D eigenvalue weighted by Crippen LogP contribution is 2.24. The SMILES string of the molecule is COc1c(C)cc(CCN(C)C(=O)CCO)cc1C. The van der Waals surface area contributed by atoms with Gasteiger partial charge in [-0.1, -0.05) is 12.1 Å². The topological polar surface area (TPSA) is 49.8 Å². The van der Waals surface area contributed by atoms with E-state index in [4.69, 9.17) is 9.84 Å². The van der Waals surface area contributed by atoms with Crippen LogP contribution in [0.5, 0.6) is 5.75 Å². The van der Waals surface area contributed by atoms with Crippen molar-refractivity contribution in [1.82, 2.24) is 4.90 Å². The van der Waals surface area contributed by atoms with Gasteiger partial charge in [-0.15, -0.1) is 0 Å². The fraction of sp³-hybridized carbons (Fsp3) is 0.533. The van der Waals surface area contributed by atoms with Crippen molar-refractivity contribution in [2.75, 3.05) is 27.3 Å². The van der Waals surface area contributed by atoms with Crippen molar-refractivity contribution in [3.63, 3.8) is 0 Å². The number of aliphatic hydroxyl groups is 1. The number of likely N-dealkylation sites (N-methyl/N-ethyl adjacent to an activating group) is 1. The zero-order valence-corrected chi connectivity index (χ0v) is 12.2. The molecule has 0 atom stereocenters. The zero-order chi connectivity index (χ0) is 14.4. The van der Waals surface area contributed by atoms with E-state index in [0.29, 0.717) is 6.54 Å². The number of nitrogens with zero attached hydrogens (tertiary/aromatic N) is 1. The van der Waals surface area contributed by atoms with Crippen LogP contribution in [0.25, 0.3) is 0 Å². The quantitative estimate of drug-likeness (QED) is 0.851. The minimum Gasteiger partial charge on any atom is -0.496 e. The summed E-state index contributed by atoms with van der Waals surface area (Å²) >= 11 is 0. The van der Waals surface area contributed by atoms with E-state index in [-0.39, 0.29) is 18.9 Å². The summed E-state index contributed by atoms with van der Waals surface area (Å²) in [5, 5.41) is 8.74. The monoisotopic (exact) mass is 265 g/mol. The summed E-state index contributed by atoms with van der Waals surface area (Å²) in [5.74, 6) is 0.901. The standard InChI is InChI=1S/C15H23NO3/c1-11-9-13(10-12(2)15(11)19-4)5-7-16(3)14(18)6-8-17/h9-10,17H,5-8H2,1-4H3. The van der Waals surface area contributed by atoms with Gasteiger partial charge in [-0.3, -0.25) is 4.79 Å². The van der Waals surface area contributed by atoms with Crippen molar-refractivity contribution in [2.24, 2.45) is 0 Å². The third-order valence-electron chi connectivity index (χ3n) is 3.21. The van der Waals surface area contributed by atoms with Crippen LogP contribution in [0, 0.1) is 13.8 Å². The van der Waals surface area contributed by atoms with Crippen molar-refractivity contribution in [2.45, 2.75) is 26.7 Å². The Balaban J connectivity index is 2.66. The lowest BCUT2D eigenvalue weighted by atomic mass is 10.0. The molecule has 1 aromatic rings. The molecule has 0 aliphatic heterocycles. The lowest BCUT2D eigenvalue weighted by Gasteiger charge is -2.17. The fourth-order valence-corrected chi connectivity index (χ4v) is 2.21. The van der Waals surface area contributed by atoms with Crippen LogP contribution in [-0.2, 0) is 11.2 Å². The van der Waals surface area contributed by atoms with E-state index in [0.717, 1.165) is 23.3 Å². The van der Waals surface area contributed by atoms with Crippen LogP contribution in [-0.4, -0.2) is 43.2 Å². The van der Waals surface area contributed by atoms with Gasteiger partial charge in [-0.05, 0) is 37.0 Å². The van der Waals surface area contributed by atoms with Gasteiger partial charge in [0, 0.05) is 20.0 Å². The van der Waals surface area contributed by atoms with Crippen LogP contribution >= 0.6 is 0 Å². The van der Waals surface area contributed by atoms with Crippen molar-refractivity contribution in [1.29, 1.82) is 0 Å². The van der Waals surface area contributed by atoms with E-state index in [1.807, 2.05) is 13.8 Å². The summed E-state index contributed by atoms with van der Waals surface area (Å²) in [5.41, 5.74) is 3.42. The van der Waals surface area contributed by atoms with Crippen LogP contribution in [0.2, 0.25) is 0 Å². The van der Waals surface area contributed by atoms with E-state index < -0.39 is 0 Å². The second kappa shape index (κ2) is 7.14. The first-order chi connectivity index (χ1) is 8.99. The molecule has 1 aromatic carbocycles. The number of rotatable bonds is 6. The maximum atomic E-state index is 11.5. The number of ether oxygens (including phenoxy) is 1. The van der Waals surface area contributed by atoms with E-state index in [9.17, 15) is 4.79 Å². The van der Waals surface area contributed by atoms with E-state index >= 15 is 0 Å². The van der Waals surface area contributed by atoms with E-state index in [1.165, 1.54) is 5.56 Å². The van der Waals surface area contributed by atoms with Crippen molar-refractivity contribution in [3.8, 4) is 5.75 Å². The third-order valence-corrected chi connectivity index (χ3v) is 3.21. The molecule has 106 valence electrons. The van der Waals surface area contributed by atoms with Gasteiger partial charge in [0.05, 0.1) is 13.7 Å². The molecule has 0 fully saturated rings. The van der Waals surface area contributed by atoms with Gasteiger partial charge in [-0.2, -0.15) is 0 Å². The fourth-order valence-electron chi connectivity index (χ4n) is 2.21. The Kier molecular flexibility index (Phi) is 5.83. The molecule has 0 aliphatic carbocycles. The number of carbonyl (C=O) groups excluding carboxylic acids is 1. The summed E-state index contributed by atoms with van der Waals surface area (Å²) in [6, 6.07) is 4.19. The first kappa shape index (κ1) is 15.5. The molecule has 0 aromatic heterocycles. The van der Waals surface area contributed by atoms with Gasteiger partial charge in [0.25, 0.3) is 0 Å². The summed E-state index contributed by atoms with van der Waals surface area (Å²) in [6.45, 7) is 4.61. The van der Waals surface area contributed by atoms with Gasteiger partial charge < -0.3 is 14.7 Å². The Hall–Kier alpha value is -1.55. The van der Waals surface area contributed by atoms with Gasteiger partial charge in [-0.25, -0.2) is 0 Å². The molecule has 19 heavy (non-hydrogen) atoms. The van der Waals surface area contributed by atoms with Crippen LogP contribution in [0.3, 0.4) is 0 Å². The molecule has 0 aliphatic rings. The summed E-state index contributed by atoms with van der Waals surface area (Å²) in [4.78, 5) is 13.2. The first-order valence-electron chi connectivity index (χ1n) is 6.48. The Morgan fingerprint density at radius 2 is 1.89 bits per heavy atom. The molecule has 4 nitrogen and oxygen atoms in total. The molecule has 1 amide bonds. The lowest BCUT2D eigenvalue weighted by Crippen LogP contribution is -2.29. The highest BCUT2D eigenvalue weighted by molar-refractivity contribution is 5.75. The molecule has 0 radical (unpaired) electrons. The van der Waals surface area contributed by atoms with Crippen molar-refractivity contribution in [3.05, 3.63) is 28.8 Å². The van der Waals surface area contributed by atoms with Crippen LogP contribution in [0.4, 0.5) is 0 Å². The highest BCUT2D eigenvalue weighted by atomic mass is 16.5. The summed E-state index contributed by atoms with van der Waals surface area (Å²) in [6.07, 6.45) is 0.997. The number of benzene rings is 1. The molecular weight excluding hydrogens is 242 g/mol. The predicted molar refractivity (Wildman–Crippen MR) is 75.5 cm³/mol. The predicted octanol–water partition coefficient (Wildman–Crippen LogP) is 1.70. The smallest absolute Gasteiger partial charge is 0.224 e. The van der Waals surface area contributed by atoms with Gasteiger partial charge in [0.1, 0.15) is 5.75 Å². The molecule has 0 bridgehead atoms. The maximum Gasteiger partial charge on any atom is 0.224 e. The Morgan fingerprint density at radius 1 is 1.32 bits per heavy atom. The number of aliphatic hydroxyl groups excluding tert-OH is 1. The number of hydrogen-bond acceptors (Lipinski definition) is 3. The van der Waals surface area contributed by atoms with Crippen molar-refractivity contribution >= 4 is 5.91 Å². The first-order valence-corrected chi connectivity index (χ1v) is 6.48. The average molecular weight is 265 g/mol. The van der Waals surface area contributed by atoms with Crippen LogP contribution < -0.4 is 4.74 Å².